The van der Waals surface area contributed by atoms with E-state index in [1.54, 1.807) is 0 Å². The standard InChI is InChI=1S/C14H31N3/c1-5-8-14(15-6-2)12-17-10-7-9-16(4)11-13(17)3/h13-15H,5-12H2,1-4H3. The normalized spacial score (nSPS) is 25.8. The molecule has 0 aliphatic carbocycles. The summed E-state index contributed by atoms with van der Waals surface area (Å²) < 4.78 is 0. The van der Waals surface area contributed by atoms with Gasteiger partial charge in [0.1, 0.15) is 0 Å². The zero-order chi connectivity index (χ0) is 12.7. The van der Waals surface area contributed by atoms with Crippen LogP contribution in [0.3, 0.4) is 0 Å². The van der Waals surface area contributed by atoms with Gasteiger partial charge in [-0.25, -0.2) is 0 Å². The highest BCUT2D eigenvalue weighted by Gasteiger charge is 2.21. The van der Waals surface area contributed by atoms with Gasteiger partial charge in [0.05, 0.1) is 0 Å². The van der Waals surface area contributed by atoms with E-state index >= 15 is 0 Å². The highest BCUT2D eigenvalue weighted by molar-refractivity contribution is 4.79. The minimum Gasteiger partial charge on any atom is -0.313 e. The van der Waals surface area contributed by atoms with Crippen LogP contribution >= 0.6 is 0 Å². The van der Waals surface area contributed by atoms with Crippen LogP contribution in [0.4, 0.5) is 0 Å². The molecule has 0 radical (unpaired) electrons. The molecule has 0 aromatic heterocycles. The number of hydrogen-bond acceptors (Lipinski definition) is 3. The summed E-state index contributed by atoms with van der Waals surface area (Å²) in [5.74, 6) is 0. The number of nitrogens with one attached hydrogen (secondary N) is 1. The highest BCUT2D eigenvalue weighted by atomic mass is 15.2. The van der Waals surface area contributed by atoms with Gasteiger partial charge in [-0.05, 0) is 46.4 Å². The number of nitrogens with zero attached hydrogens (tertiary/aromatic N) is 2. The van der Waals surface area contributed by atoms with Gasteiger partial charge in [-0.2, -0.15) is 0 Å². The van der Waals surface area contributed by atoms with Crippen molar-refractivity contribution < 1.29 is 0 Å². The van der Waals surface area contributed by atoms with E-state index in [1.807, 2.05) is 0 Å². The second-order valence-electron chi connectivity index (χ2n) is 5.50. The Kier molecular flexibility index (Phi) is 7.09. The summed E-state index contributed by atoms with van der Waals surface area (Å²) in [6.45, 7) is 12.9. The molecule has 1 aliphatic heterocycles. The summed E-state index contributed by atoms with van der Waals surface area (Å²) in [6.07, 6.45) is 3.89. The lowest BCUT2D eigenvalue weighted by molar-refractivity contribution is 0.180. The van der Waals surface area contributed by atoms with Crippen LogP contribution in [-0.2, 0) is 0 Å². The smallest absolute Gasteiger partial charge is 0.0195 e. The first-order valence-corrected chi connectivity index (χ1v) is 7.33. The SMILES string of the molecule is CCCC(CN1CCCN(C)CC1C)NCC. The van der Waals surface area contributed by atoms with Crippen molar-refractivity contribution in [2.45, 2.75) is 52.1 Å². The maximum atomic E-state index is 3.63. The topological polar surface area (TPSA) is 18.5 Å². The van der Waals surface area contributed by atoms with Crippen molar-refractivity contribution in [3.05, 3.63) is 0 Å². The van der Waals surface area contributed by atoms with Gasteiger partial charge in [0.25, 0.3) is 0 Å². The molecule has 1 aliphatic rings. The fourth-order valence-corrected chi connectivity index (χ4v) is 2.87. The monoisotopic (exact) mass is 241 g/mol. The molecule has 1 heterocycles. The maximum Gasteiger partial charge on any atom is 0.0195 e. The molecule has 17 heavy (non-hydrogen) atoms. The third kappa shape index (κ3) is 5.36. The number of rotatable bonds is 6. The average Bonchev–Trinajstić information content (AvgIpc) is 2.42. The Morgan fingerprint density at radius 2 is 2.06 bits per heavy atom. The van der Waals surface area contributed by atoms with Gasteiger partial charge in [-0.15, -0.1) is 0 Å². The van der Waals surface area contributed by atoms with E-state index in [1.165, 1.54) is 45.4 Å². The van der Waals surface area contributed by atoms with Gasteiger partial charge in [0.2, 0.25) is 0 Å². The van der Waals surface area contributed by atoms with Crippen LogP contribution in [0.5, 0.6) is 0 Å². The van der Waals surface area contributed by atoms with E-state index in [4.69, 9.17) is 0 Å². The largest absolute Gasteiger partial charge is 0.313 e. The first-order valence-electron chi connectivity index (χ1n) is 7.33. The lowest BCUT2D eigenvalue weighted by atomic mass is 10.1. The van der Waals surface area contributed by atoms with Crippen molar-refractivity contribution in [3.63, 3.8) is 0 Å². The Hall–Kier alpha value is -0.120. The third-order valence-corrected chi connectivity index (χ3v) is 3.77. The van der Waals surface area contributed by atoms with Gasteiger partial charge in [0, 0.05) is 25.2 Å². The summed E-state index contributed by atoms with van der Waals surface area (Å²) in [7, 11) is 2.24. The Bertz CT molecular complexity index is 190. The number of likely N-dealkylation sites (N-methyl/N-ethyl adjacent to an activating group) is 2. The second-order valence-corrected chi connectivity index (χ2v) is 5.50. The second kappa shape index (κ2) is 8.06. The lowest BCUT2D eigenvalue weighted by Gasteiger charge is -2.31. The fraction of sp³-hybridized carbons (Fsp3) is 1.00. The van der Waals surface area contributed by atoms with Crippen molar-refractivity contribution in [1.82, 2.24) is 15.1 Å². The average molecular weight is 241 g/mol. The van der Waals surface area contributed by atoms with Crippen LogP contribution in [0.2, 0.25) is 0 Å². The van der Waals surface area contributed by atoms with E-state index in [0.717, 1.165) is 6.54 Å². The van der Waals surface area contributed by atoms with Gasteiger partial charge in [0.15, 0.2) is 0 Å². The molecule has 102 valence electrons. The first kappa shape index (κ1) is 14.9. The molecule has 0 aromatic rings. The van der Waals surface area contributed by atoms with Crippen LogP contribution in [0, 0.1) is 0 Å². The third-order valence-electron chi connectivity index (χ3n) is 3.77. The van der Waals surface area contributed by atoms with E-state index in [9.17, 15) is 0 Å². The molecule has 2 atom stereocenters. The molecular weight excluding hydrogens is 210 g/mol. The van der Waals surface area contributed by atoms with Gasteiger partial charge in [-0.3, -0.25) is 4.90 Å². The molecule has 0 amide bonds. The predicted octanol–water partition coefficient (Wildman–Crippen LogP) is 1.79. The van der Waals surface area contributed by atoms with Crippen LogP contribution in [0.1, 0.15) is 40.0 Å². The van der Waals surface area contributed by atoms with E-state index in [0.29, 0.717) is 12.1 Å². The summed E-state index contributed by atoms with van der Waals surface area (Å²) in [5, 5.41) is 3.63. The molecule has 1 rings (SSSR count). The zero-order valence-corrected chi connectivity index (χ0v) is 12.2. The molecule has 0 spiro atoms. The molecule has 0 aromatic carbocycles. The Morgan fingerprint density at radius 3 is 2.71 bits per heavy atom. The van der Waals surface area contributed by atoms with Gasteiger partial charge >= 0.3 is 0 Å². The molecule has 3 heteroatoms. The number of hydrogen-bond donors (Lipinski definition) is 1. The van der Waals surface area contributed by atoms with E-state index in [-0.39, 0.29) is 0 Å². The van der Waals surface area contributed by atoms with Crippen molar-refractivity contribution in [2.75, 3.05) is 39.8 Å². The minimum absolute atomic E-state index is 0.677. The van der Waals surface area contributed by atoms with Crippen LogP contribution in [0.25, 0.3) is 0 Å². The highest BCUT2D eigenvalue weighted by Crippen LogP contribution is 2.10. The van der Waals surface area contributed by atoms with Crippen molar-refractivity contribution in [3.8, 4) is 0 Å². The quantitative estimate of drug-likeness (QED) is 0.765. The van der Waals surface area contributed by atoms with E-state index < -0.39 is 0 Å². The molecule has 0 saturated carbocycles. The van der Waals surface area contributed by atoms with Crippen molar-refractivity contribution in [1.29, 1.82) is 0 Å². The summed E-state index contributed by atoms with van der Waals surface area (Å²) in [5.41, 5.74) is 0. The molecule has 2 unspecified atom stereocenters. The van der Waals surface area contributed by atoms with Gasteiger partial charge < -0.3 is 10.2 Å². The maximum absolute atomic E-state index is 3.63. The zero-order valence-electron chi connectivity index (χ0n) is 12.2. The Labute approximate surface area is 108 Å². The molecule has 0 bridgehead atoms. The lowest BCUT2D eigenvalue weighted by Crippen LogP contribution is -2.46. The molecular formula is C14H31N3. The van der Waals surface area contributed by atoms with Gasteiger partial charge in [-0.1, -0.05) is 20.3 Å². The molecule has 1 N–H and O–H groups in total. The summed E-state index contributed by atoms with van der Waals surface area (Å²) in [4.78, 5) is 5.14. The molecule has 1 fully saturated rings. The van der Waals surface area contributed by atoms with Crippen molar-refractivity contribution in [2.24, 2.45) is 0 Å². The summed E-state index contributed by atoms with van der Waals surface area (Å²) >= 11 is 0. The molecule has 3 nitrogen and oxygen atoms in total. The van der Waals surface area contributed by atoms with Crippen LogP contribution < -0.4 is 5.32 Å². The first-order chi connectivity index (χ1) is 8.17. The van der Waals surface area contributed by atoms with Crippen LogP contribution in [0.15, 0.2) is 0 Å². The summed E-state index contributed by atoms with van der Waals surface area (Å²) in [6, 6.07) is 1.37. The van der Waals surface area contributed by atoms with Crippen molar-refractivity contribution >= 4 is 0 Å². The van der Waals surface area contributed by atoms with E-state index in [2.05, 4.69) is 42.9 Å². The minimum atomic E-state index is 0.677. The fourth-order valence-electron chi connectivity index (χ4n) is 2.87. The van der Waals surface area contributed by atoms with Crippen LogP contribution in [-0.4, -0.2) is 61.7 Å². The molecule has 1 saturated heterocycles. The Morgan fingerprint density at radius 1 is 1.29 bits per heavy atom. The predicted molar refractivity (Wildman–Crippen MR) is 75.5 cm³/mol. The Balaban J connectivity index is 2.45.